The number of carbonyl (C=O) groups is 1. The molecule has 0 saturated heterocycles. The zero-order valence-corrected chi connectivity index (χ0v) is 15.5. The van der Waals surface area contributed by atoms with Crippen LogP contribution >= 0.6 is 0 Å². The minimum absolute atomic E-state index is 0.128. The van der Waals surface area contributed by atoms with Gasteiger partial charge >= 0.3 is 0 Å². The van der Waals surface area contributed by atoms with Gasteiger partial charge in [0.1, 0.15) is 11.9 Å². The van der Waals surface area contributed by atoms with Crippen LogP contribution in [0.3, 0.4) is 0 Å². The van der Waals surface area contributed by atoms with Crippen LogP contribution < -0.4 is 5.32 Å². The van der Waals surface area contributed by atoms with E-state index in [1.54, 1.807) is 6.92 Å². The van der Waals surface area contributed by atoms with Crippen molar-refractivity contribution in [2.45, 2.75) is 32.8 Å². The van der Waals surface area contributed by atoms with Crippen LogP contribution in [0.25, 0.3) is 22.4 Å². The predicted octanol–water partition coefficient (Wildman–Crippen LogP) is 4.38. The lowest BCUT2D eigenvalue weighted by molar-refractivity contribution is -0.126. The van der Waals surface area contributed by atoms with E-state index < -0.39 is 6.10 Å². The van der Waals surface area contributed by atoms with Gasteiger partial charge in [0, 0.05) is 24.9 Å². The van der Waals surface area contributed by atoms with E-state index in [4.69, 9.17) is 9.72 Å². The van der Waals surface area contributed by atoms with E-state index in [0.717, 1.165) is 41.0 Å². The van der Waals surface area contributed by atoms with Gasteiger partial charge < -0.3 is 14.6 Å². The fourth-order valence-corrected chi connectivity index (χ4v) is 2.83. The number of amides is 1. The molecule has 1 N–H and O–H groups in total. The summed E-state index contributed by atoms with van der Waals surface area (Å²) in [4.78, 5) is 16.9. The first-order valence-electron chi connectivity index (χ1n) is 9.04. The van der Waals surface area contributed by atoms with Gasteiger partial charge in [-0.05, 0) is 49.7 Å². The number of benzene rings is 2. The van der Waals surface area contributed by atoms with Crippen molar-refractivity contribution in [2.75, 3.05) is 11.9 Å². The Morgan fingerprint density at radius 3 is 2.62 bits per heavy atom. The average molecular weight is 351 g/mol. The summed E-state index contributed by atoms with van der Waals surface area (Å²) in [6.45, 7) is 4.48. The molecule has 0 spiro atoms. The van der Waals surface area contributed by atoms with Crippen molar-refractivity contribution in [2.24, 2.45) is 7.05 Å². The van der Waals surface area contributed by atoms with Gasteiger partial charge in [-0.15, -0.1) is 0 Å². The molecule has 0 aliphatic rings. The Hall–Kier alpha value is -2.66. The second kappa shape index (κ2) is 8.15. The number of aryl methyl sites for hydroxylation is 1. The number of hydrogen-bond donors (Lipinski definition) is 1. The third-order valence-electron chi connectivity index (χ3n) is 4.43. The lowest BCUT2D eigenvalue weighted by Crippen LogP contribution is -2.28. The Labute approximate surface area is 154 Å². The third-order valence-corrected chi connectivity index (χ3v) is 4.43. The number of nitrogens with one attached hydrogen (secondary N) is 1. The molecule has 0 radical (unpaired) electrons. The summed E-state index contributed by atoms with van der Waals surface area (Å²) in [7, 11) is 2.01. The smallest absolute Gasteiger partial charge is 0.253 e. The van der Waals surface area contributed by atoms with Crippen molar-refractivity contribution in [3.8, 4) is 11.4 Å². The second-order valence-corrected chi connectivity index (χ2v) is 6.42. The molecule has 136 valence electrons. The highest BCUT2D eigenvalue weighted by molar-refractivity contribution is 5.94. The molecule has 26 heavy (non-hydrogen) atoms. The number of nitrogens with zero attached hydrogens (tertiary/aromatic N) is 2. The van der Waals surface area contributed by atoms with E-state index in [0.29, 0.717) is 6.61 Å². The van der Waals surface area contributed by atoms with Crippen molar-refractivity contribution in [1.29, 1.82) is 0 Å². The summed E-state index contributed by atoms with van der Waals surface area (Å²) >= 11 is 0. The molecule has 1 aromatic heterocycles. The molecule has 0 fully saturated rings. The van der Waals surface area contributed by atoms with Crippen molar-refractivity contribution in [1.82, 2.24) is 9.55 Å². The molecule has 0 aliphatic carbocycles. The molecule has 0 aliphatic heterocycles. The molecule has 1 atom stereocenters. The van der Waals surface area contributed by atoms with Gasteiger partial charge in [-0.25, -0.2) is 4.98 Å². The molecule has 3 rings (SSSR count). The van der Waals surface area contributed by atoms with Crippen LogP contribution in [0, 0.1) is 0 Å². The number of aromatic nitrogens is 2. The van der Waals surface area contributed by atoms with Crippen molar-refractivity contribution in [3.63, 3.8) is 0 Å². The summed E-state index contributed by atoms with van der Waals surface area (Å²) in [5.74, 6) is 0.775. The van der Waals surface area contributed by atoms with Gasteiger partial charge in [0.2, 0.25) is 0 Å². The van der Waals surface area contributed by atoms with E-state index in [2.05, 4.69) is 22.9 Å². The number of hydrogen-bond acceptors (Lipinski definition) is 3. The topological polar surface area (TPSA) is 56.1 Å². The molecular formula is C21H25N3O2. The van der Waals surface area contributed by atoms with Crippen LogP contribution in [0.1, 0.15) is 26.7 Å². The Bertz CT molecular complexity index is 884. The van der Waals surface area contributed by atoms with Crippen LogP contribution in [0.5, 0.6) is 0 Å². The van der Waals surface area contributed by atoms with Crippen LogP contribution in [-0.2, 0) is 16.6 Å². The van der Waals surface area contributed by atoms with Gasteiger partial charge in [-0.1, -0.05) is 25.5 Å². The Balaban J connectivity index is 1.70. The number of fused-ring (bicyclic) bond motifs is 1. The number of rotatable bonds is 7. The van der Waals surface area contributed by atoms with Gasteiger partial charge in [0.15, 0.2) is 0 Å². The van der Waals surface area contributed by atoms with Gasteiger partial charge in [0.05, 0.1) is 11.0 Å². The number of carbonyl (C=O) groups excluding carboxylic acids is 1. The lowest BCUT2D eigenvalue weighted by Gasteiger charge is -2.13. The highest BCUT2D eigenvalue weighted by Gasteiger charge is 2.14. The first-order chi connectivity index (χ1) is 12.6. The normalized spacial score (nSPS) is 12.3. The second-order valence-electron chi connectivity index (χ2n) is 6.42. The SMILES string of the molecule is CCCCOC(C)C(=O)Nc1ccc(-c2nc3ccccc3n2C)cc1. The zero-order valence-electron chi connectivity index (χ0n) is 15.5. The van der Waals surface area contributed by atoms with Gasteiger partial charge in [-0.2, -0.15) is 0 Å². The lowest BCUT2D eigenvalue weighted by atomic mass is 10.2. The van der Waals surface area contributed by atoms with Crippen LogP contribution in [0.2, 0.25) is 0 Å². The maximum atomic E-state index is 12.2. The number of ether oxygens (including phenoxy) is 1. The quantitative estimate of drug-likeness (QED) is 0.643. The van der Waals surface area contributed by atoms with Crippen LogP contribution in [-0.4, -0.2) is 28.2 Å². The van der Waals surface area contributed by atoms with Gasteiger partial charge in [-0.3, -0.25) is 4.79 Å². The standard InChI is InChI=1S/C21H25N3O2/c1-4-5-14-26-15(2)21(25)22-17-12-10-16(11-13-17)20-23-18-8-6-7-9-19(18)24(20)3/h6-13,15H,4-5,14H2,1-3H3,(H,22,25). The molecule has 5 heteroatoms. The van der Waals surface area contributed by atoms with Gasteiger partial charge in [0.25, 0.3) is 5.91 Å². The number of anilines is 1. The third kappa shape index (κ3) is 3.94. The van der Waals surface area contributed by atoms with Crippen molar-refractivity contribution < 1.29 is 9.53 Å². The summed E-state index contributed by atoms with van der Waals surface area (Å²) in [6, 6.07) is 15.8. The first-order valence-corrected chi connectivity index (χ1v) is 9.04. The molecule has 3 aromatic rings. The molecule has 1 unspecified atom stereocenters. The summed E-state index contributed by atoms with van der Waals surface area (Å²) in [5.41, 5.74) is 3.83. The van der Waals surface area contributed by atoms with E-state index in [9.17, 15) is 4.79 Å². The van der Waals surface area contributed by atoms with Crippen molar-refractivity contribution in [3.05, 3.63) is 48.5 Å². The number of para-hydroxylation sites is 2. The fraction of sp³-hybridized carbons (Fsp3) is 0.333. The summed E-state index contributed by atoms with van der Waals surface area (Å²) in [5, 5.41) is 2.90. The average Bonchev–Trinajstić information content (AvgIpc) is 2.99. The highest BCUT2D eigenvalue weighted by Crippen LogP contribution is 2.24. The summed E-state index contributed by atoms with van der Waals surface area (Å²) < 4.78 is 7.61. The minimum Gasteiger partial charge on any atom is -0.369 e. The van der Waals surface area contributed by atoms with Crippen LogP contribution in [0.15, 0.2) is 48.5 Å². The maximum absolute atomic E-state index is 12.2. The largest absolute Gasteiger partial charge is 0.369 e. The first kappa shape index (κ1) is 18.1. The molecule has 5 nitrogen and oxygen atoms in total. The fourth-order valence-electron chi connectivity index (χ4n) is 2.83. The molecular weight excluding hydrogens is 326 g/mol. The van der Waals surface area contributed by atoms with E-state index in [-0.39, 0.29) is 5.91 Å². The number of unbranched alkanes of at least 4 members (excludes halogenated alkanes) is 1. The Morgan fingerprint density at radius 2 is 1.92 bits per heavy atom. The van der Waals surface area contributed by atoms with Crippen molar-refractivity contribution >= 4 is 22.6 Å². The van der Waals surface area contributed by atoms with E-state index in [1.807, 2.05) is 49.5 Å². The summed E-state index contributed by atoms with van der Waals surface area (Å²) in [6.07, 6.45) is 1.56. The van der Waals surface area contributed by atoms with Crippen LogP contribution in [0.4, 0.5) is 5.69 Å². The molecule has 0 bridgehead atoms. The molecule has 1 amide bonds. The van der Waals surface area contributed by atoms with E-state index in [1.165, 1.54) is 0 Å². The maximum Gasteiger partial charge on any atom is 0.253 e. The molecule has 1 heterocycles. The predicted molar refractivity (Wildman–Crippen MR) is 105 cm³/mol. The number of imidazole rings is 1. The molecule has 0 saturated carbocycles. The Morgan fingerprint density at radius 1 is 1.19 bits per heavy atom. The monoisotopic (exact) mass is 351 g/mol. The highest BCUT2D eigenvalue weighted by atomic mass is 16.5. The molecule has 2 aromatic carbocycles. The minimum atomic E-state index is -0.457. The van der Waals surface area contributed by atoms with E-state index >= 15 is 0 Å². The zero-order chi connectivity index (χ0) is 18.5. The Kier molecular flexibility index (Phi) is 5.68.